The molecule has 0 aromatic rings. The van der Waals surface area contributed by atoms with Crippen LogP contribution in [0.4, 0.5) is 0 Å². The van der Waals surface area contributed by atoms with E-state index in [1.807, 2.05) is 27.7 Å². The summed E-state index contributed by atoms with van der Waals surface area (Å²) in [5, 5.41) is 16.0. The minimum atomic E-state index is 0.537. The third kappa shape index (κ3) is 23.1. The SMILES string of the molecule is CC(C)CC#N.CC(C)CC#N. The van der Waals surface area contributed by atoms with Crippen LogP contribution in [0.1, 0.15) is 40.5 Å². The molecule has 0 rings (SSSR count). The van der Waals surface area contributed by atoms with Crippen LogP contribution in [-0.2, 0) is 0 Å². The molecule has 0 aliphatic rings. The highest BCUT2D eigenvalue weighted by Gasteiger charge is 1.86. The quantitative estimate of drug-likeness (QED) is 0.632. The summed E-state index contributed by atoms with van der Waals surface area (Å²) in [5.74, 6) is 1.07. The fourth-order valence-corrected chi connectivity index (χ4v) is 0.365. The lowest BCUT2D eigenvalue weighted by Gasteiger charge is -1.88. The number of rotatable bonds is 2. The maximum atomic E-state index is 7.99. The molecule has 0 bridgehead atoms. The Labute approximate surface area is 75.8 Å². The maximum Gasteiger partial charge on any atom is 0.0624 e. The Hall–Kier alpha value is -1.02. The molecule has 0 aromatic heterocycles. The Kier molecular flexibility index (Phi) is 11.3. The van der Waals surface area contributed by atoms with Crippen molar-refractivity contribution in [2.45, 2.75) is 40.5 Å². The monoisotopic (exact) mass is 166 g/mol. The van der Waals surface area contributed by atoms with E-state index in [-0.39, 0.29) is 0 Å². The first-order valence-electron chi connectivity index (χ1n) is 4.28. The number of hydrogen-bond acceptors (Lipinski definition) is 2. The van der Waals surface area contributed by atoms with Crippen LogP contribution >= 0.6 is 0 Å². The van der Waals surface area contributed by atoms with Crippen LogP contribution in [0.15, 0.2) is 0 Å². The lowest BCUT2D eigenvalue weighted by atomic mass is 10.2. The van der Waals surface area contributed by atoms with Gasteiger partial charge in [-0.15, -0.1) is 0 Å². The minimum Gasteiger partial charge on any atom is -0.198 e. The van der Waals surface area contributed by atoms with Gasteiger partial charge >= 0.3 is 0 Å². The Morgan fingerprint density at radius 1 is 0.833 bits per heavy atom. The average molecular weight is 166 g/mol. The molecule has 0 unspecified atom stereocenters. The predicted octanol–water partition coefficient (Wildman–Crippen LogP) is 3.11. The summed E-state index contributed by atoms with van der Waals surface area (Å²) < 4.78 is 0. The third-order valence-corrected chi connectivity index (χ3v) is 0.999. The second-order valence-corrected chi connectivity index (χ2v) is 3.51. The van der Waals surface area contributed by atoms with E-state index in [1.54, 1.807) is 0 Å². The molecule has 0 aliphatic carbocycles. The molecule has 2 nitrogen and oxygen atoms in total. The van der Waals surface area contributed by atoms with Crippen LogP contribution in [0.2, 0.25) is 0 Å². The molecule has 0 saturated carbocycles. The number of nitriles is 2. The summed E-state index contributed by atoms with van der Waals surface area (Å²) in [6.45, 7) is 8.12. The zero-order valence-electron chi connectivity index (χ0n) is 8.46. The van der Waals surface area contributed by atoms with Crippen molar-refractivity contribution in [3.8, 4) is 12.1 Å². The van der Waals surface area contributed by atoms with Crippen LogP contribution in [0.3, 0.4) is 0 Å². The molecule has 0 atom stereocenters. The maximum absolute atomic E-state index is 7.99. The smallest absolute Gasteiger partial charge is 0.0624 e. The lowest BCUT2D eigenvalue weighted by Crippen LogP contribution is -1.79. The highest BCUT2D eigenvalue weighted by atomic mass is 14.2. The van der Waals surface area contributed by atoms with Gasteiger partial charge in [-0.3, -0.25) is 0 Å². The fourth-order valence-electron chi connectivity index (χ4n) is 0.365. The zero-order chi connectivity index (χ0) is 9.98. The molecule has 0 spiro atoms. The molecule has 0 amide bonds. The second kappa shape index (κ2) is 9.98. The molecule has 0 fully saturated rings. The van der Waals surface area contributed by atoms with Gasteiger partial charge in [-0.05, 0) is 11.8 Å². The number of hydrogen-bond donors (Lipinski definition) is 0. The molecular weight excluding hydrogens is 148 g/mol. The van der Waals surface area contributed by atoms with Crippen LogP contribution in [0.25, 0.3) is 0 Å². The van der Waals surface area contributed by atoms with E-state index in [9.17, 15) is 0 Å². The number of nitrogens with zero attached hydrogens (tertiary/aromatic N) is 2. The highest BCUT2D eigenvalue weighted by molar-refractivity contribution is 4.70. The van der Waals surface area contributed by atoms with Crippen LogP contribution < -0.4 is 0 Å². The Bertz CT molecular complexity index is 138. The Balaban J connectivity index is 0. The van der Waals surface area contributed by atoms with Gasteiger partial charge in [0.1, 0.15) is 0 Å². The van der Waals surface area contributed by atoms with Crippen LogP contribution in [0.5, 0.6) is 0 Å². The molecule has 0 radical (unpaired) electrons. The van der Waals surface area contributed by atoms with Gasteiger partial charge < -0.3 is 0 Å². The van der Waals surface area contributed by atoms with Crippen LogP contribution in [-0.4, -0.2) is 0 Å². The second-order valence-electron chi connectivity index (χ2n) is 3.51. The van der Waals surface area contributed by atoms with Crippen LogP contribution in [0, 0.1) is 34.5 Å². The first-order chi connectivity index (χ1) is 5.54. The van der Waals surface area contributed by atoms with Gasteiger partial charge in [0.15, 0.2) is 0 Å². The Morgan fingerprint density at radius 2 is 1.08 bits per heavy atom. The summed E-state index contributed by atoms with van der Waals surface area (Å²) in [7, 11) is 0. The first-order valence-corrected chi connectivity index (χ1v) is 4.28. The van der Waals surface area contributed by atoms with Crippen molar-refractivity contribution < 1.29 is 0 Å². The summed E-state index contributed by atoms with van der Waals surface area (Å²) in [5.41, 5.74) is 0. The first kappa shape index (κ1) is 13.6. The van der Waals surface area contributed by atoms with Crippen molar-refractivity contribution in [1.29, 1.82) is 10.5 Å². The minimum absolute atomic E-state index is 0.537. The molecule has 68 valence electrons. The predicted molar refractivity (Wildman–Crippen MR) is 50.1 cm³/mol. The molecule has 2 heteroatoms. The summed E-state index contributed by atoms with van der Waals surface area (Å²) >= 11 is 0. The summed E-state index contributed by atoms with van der Waals surface area (Å²) in [6.07, 6.45) is 1.36. The zero-order valence-corrected chi connectivity index (χ0v) is 8.46. The van der Waals surface area contributed by atoms with Gasteiger partial charge in [-0.2, -0.15) is 10.5 Å². The van der Waals surface area contributed by atoms with Gasteiger partial charge in [0, 0.05) is 12.8 Å². The van der Waals surface area contributed by atoms with E-state index in [1.165, 1.54) is 0 Å². The topological polar surface area (TPSA) is 47.6 Å². The molecule has 12 heavy (non-hydrogen) atoms. The van der Waals surface area contributed by atoms with Gasteiger partial charge in [-0.25, -0.2) is 0 Å². The van der Waals surface area contributed by atoms with Crippen molar-refractivity contribution in [1.82, 2.24) is 0 Å². The average Bonchev–Trinajstić information content (AvgIpc) is 1.87. The van der Waals surface area contributed by atoms with E-state index in [2.05, 4.69) is 12.1 Å². The largest absolute Gasteiger partial charge is 0.198 e. The van der Waals surface area contributed by atoms with Gasteiger partial charge in [0.25, 0.3) is 0 Å². The molecule has 0 saturated heterocycles. The lowest BCUT2D eigenvalue weighted by molar-refractivity contribution is 0.671. The van der Waals surface area contributed by atoms with Crippen molar-refractivity contribution >= 4 is 0 Å². The van der Waals surface area contributed by atoms with E-state index < -0.39 is 0 Å². The molecule has 0 heterocycles. The van der Waals surface area contributed by atoms with E-state index in [0.717, 1.165) is 0 Å². The molecule has 0 aliphatic heterocycles. The van der Waals surface area contributed by atoms with E-state index >= 15 is 0 Å². The summed E-state index contributed by atoms with van der Waals surface area (Å²) in [4.78, 5) is 0. The Morgan fingerprint density at radius 3 is 1.08 bits per heavy atom. The van der Waals surface area contributed by atoms with E-state index in [0.29, 0.717) is 24.7 Å². The normalized spacial score (nSPS) is 8.33. The standard InChI is InChI=1S/2C5H9N/c2*1-5(2)3-4-6/h2*5H,3H2,1-2H3. The molecular formula is C10H18N2. The highest BCUT2D eigenvalue weighted by Crippen LogP contribution is 1.94. The summed E-state index contributed by atoms with van der Waals surface area (Å²) in [6, 6.07) is 4.13. The third-order valence-electron chi connectivity index (χ3n) is 0.999. The van der Waals surface area contributed by atoms with Gasteiger partial charge in [0.2, 0.25) is 0 Å². The van der Waals surface area contributed by atoms with Crippen molar-refractivity contribution in [2.24, 2.45) is 11.8 Å². The van der Waals surface area contributed by atoms with Gasteiger partial charge in [-0.1, -0.05) is 27.7 Å². The molecule has 0 aromatic carbocycles. The fraction of sp³-hybridized carbons (Fsp3) is 0.800. The molecule has 0 N–H and O–H groups in total. The van der Waals surface area contributed by atoms with E-state index in [4.69, 9.17) is 10.5 Å². The van der Waals surface area contributed by atoms with Crippen molar-refractivity contribution in [3.05, 3.63) is 0 Å². The van der Waals surface area contributed by atoms with Crippen molar-refractivity contribution in [2.75, 3.05) is 0 Å². The van der Waals surface area contributed by atoms with Crippen molar-refractivity contribution in [3.63, 3.8) is 0 Å². The van der Waals surface area contributed by atoms with Gasteiger partial charge in [0.05, 0.1) is 12.1 Å².